The summed E-state index contributed by atoms with van der Waals surface area (Å²) in [5.41, 5.74) is 6.77. The van der Waals surface area contributed by atoms with Crippen molar-refractivity contribution in [2.24, 2.45) is 5.73 Å². The van der Waals surface area contributed by atoms with Crippen LogP contribution in [0.15, 0.2) is 40.8 Å². The van der Waals surface area contributed by atoms with Crippen LogP contribution in [0.3, 0.4) is 0 Å². The maximum atomic E-state index is 11.2. The average molecular weight is 223 g/mol. The van der Waals surface area contributed by atoms with Crippen LogP contribution in [-0.4, -0.2) is 13.5 Å². The quantitative estimate of drug-likeness (QED) is 0.743. The van der Waals surface area contributed by atoms with E-state index in [0.717, 1.165) is 10.8 Å². The SMILES string of the molecule is NC1=CS(=O)(=O)C=C1c1cccc(O)c1. The molecule has 0 atom stereocenters. The molecule has 15 heavy (non-hydrogen) atoms. The van der Waals surface area contributed by atoms with Crippen molar-refractivity contribution in [1.29, 1.82) is 0 Å². The van der Waals surface area contributed by atoms with Gasteiger partial charge in [-0.2, -0.15) is 0 Å². The summed E-state index contributed by atoms with van der Waals surface area (Å²) in [5, 5.41) is 11.4. The minimum atomic E-state index is -3.34. The van der Waals surface area contributed by atoms with Gasteiger partial charge in [0.2, 0.25) is 0 Å². The Bertz CT molecular complexity index is 570. The second kappa shape index (κ2) is 3.13. The molecule has 0 amide bonds. The van der Waals surface area contributed by atoms with E-state index in [0.29, 0.717) is 11.1 Å². The molecular formula is C10H9NO3S. The van der Waals surface area contributed by atoms with E-state index >= 15 is 0 Å². The van der Waals surface area contributed by atoms with Crippen LogP contribution in [0.5, 0.6) is 5.75 Å². The zero-order valence-corrected chi connectivity index (χ0v) is 8.53. The molecule has 1 aromatic carbocycles. The molecule has 2 rings (SSSR count). The number of phenols is 1. The maximum Gasteiger partial charge on any atom is 0.195 e. The summed E-state index contributed by atoms with van der Waals surface area (Å²) in [6.45, 7) is 0. The lowest BCUT2D eigenvalue weighted by molar-refractivity contribution is 0.475. The van der Waals surface area contributed by atoms with Gasteiger partial charge in [-0.15, -0.1) is 0 Å². The van der Waals surface area contributed by atoms with E-state index in [4.69, 9.17) is 5.73 Å². The molecule has 0 unspecified atom stereocenters. The van der Waals surface area contributed by atoms with E-state index in [-0.39, 0.29) is 11.4 Å². The van der Waals surface area contributed by atoms with Crippen molar-refractivity contribution in [3.8, 4) is 5.75 Å². The van der Waals surface area contributed by atoms with Gasteiger partial charge in [-0.25, -0.2) is 8.42 Å². The lowest BCUT2D eigenvalue weighted by Gasteiger charge is -2.03. The first-order chi connectivity index (χ1) is 6.98. The molecule has 1 aromatic rings. The van der Waals surface area contributed by atoms with Crippen LogP contribution in [0.2, 0.25) is 0 Å². The van der Waals surface area contributed by atoms with E-state index in [1.807, 2.05) is 0 Å². The van der Waals surface area contributed by atoms with E-state index in [1.54, 1.807) is 12.1 Å². The standard InChI is InChI=1S/C10H9NO3S/c11-10-6-15(13,14)5-9(10)7-2-1-3-8(12)4-7/h1-6,12H,11H2. The number of aromatic hydroxyl groups is 1. The summed E-state index contributed by atoms with van der Waals surface area (Å²) in [6, 6.07) is 6.29. The zero-order chi connectivity index (χ0) is 11.1. The highest BCUT2D eigenvalue weighted by molar-refractivity contribution is 7.97. The van der Waals surface area contributed by atoms with E-state index in [9.17, 15) is 13.5 Å². The Balaban J connectivity index is 2.56. The van der Waals surface area contributed by atoms with Gasteiger partial charge in [-0.3, -0.25) is 0 Å². The first kappa shape index (κ1) is 9.79. The molecule has 0 aliphatic carbocycles. The maximum absolute atomic E-state index is 11.2. The summed E-state index contributed by atoms with van der Waals surface area (Å²) in [4.78, 5) is 0. The lowest BCUT2D eigenvalue weighted by atomic mass is 10.1. The van der Waals surface area contributed by atoms with E-state index in [1.165, 1.54) is 12.1 Å². The van der Waals surface area contributed by atoms with Gasteiger partial charge in [-0.05, 0) is 17.7 Å². The number of nitrogens with two attached hydrogens (primary N) is 1. The van der Waals surface area contributed by atoms with Crippen molar-refractivity contribution in [3.63, 3.8) is 0 Å². The van der Waals surface area contributed by atoms with Gasteiger partial charge in [0.15, 0.2) is 9.84 Å². The summed E-state index contributed by atoms with van der Waals surface area (Å²) in [6.07, 6.45) is 0. The molecular weight excluding hydrogens is 214 g/mol. The third-order valence-corrected chi connectivity index (χ3v) is 3.19. The van der Waals surface area contributed by atoms with Gasteiger partial charge < -0.3 is 10.8 Å². The molecule has 0 fully saturated rings. The molecule has 5 heteroatoms. The summed E-state index contributed by atoms with van der Waals surface area (Å²) in [5.74, 6) is 0.0745. The van der Waals surface area contributed by atoms with Crippen LogP contribution >= 0.6 is 0 Å². The van der Waals surface area contributed by atoms with Gasteiger partial charge in [0, 0.05) is 11.0 Å². The monoisotopic (exact) mass is 223 g/mol. The number of phenolic OH excluding ortho intramolecular Hbond substituents is 1. The minimum Gasteiger partial charge on any atom is -0.508 e. The molecule has 0 spiro atoms. The fourth-order valence-corrected chi connectivity index (χ4v) is 2.56. The molecule has 4 nitrogen and oxygen atoms in total. The molecule has 1 aliphatic heterocycles. The molecule has 3 N–H and O–H groups in total. The van der Waals surface area contributed by atoms with Gasteiger partial charge in [-0.1, -0.05) is 12.1 Å². The van der Waals surface area contributed by atoms with E-state index < -0.39 is 9.84 Å². The fourth-order valence-electron chi connectivity index (χ4n) is 1.41. The van der Waals surface area contributed by atoms with Gasteiger partial charge in [0.25, 0.3) is 0 Å². The van der Waals surface area contributed by atoms with E-state index in [2.05, 4.69) is 0 Å². The third kappa shape index (κ3) is 1.87. The Hall–Kier alpha value is -1.75. The van der Waals surface area contributed by atoms with Crippen LogP contribution in [0.1, 0.15) is 5.56 Å². The highest BCUT2D eigenvalue weighted by atomic mass is 32.2. The highest BCUT2D eigenvalue weighted by Gasteiger charge is 2.19. The number of benzene rings is 1. The molecule has 1 aliphatic rings. The Morgan fingerprint density at radius 1 is 1.20 bits per heavy atom. The number of allylic oxidation sites excluding steroid dienone is 1. The predicted octanol–water partition coefficient (Wildman–Crippen LogP) is 0.962. The Morgan fingerprint density at radius 3 is 2.47 bits per heavy atom. The summed E-state index contributed by atoms with van der Waals surface area (Å²) in [7, 11) is -3.34. The third-order valence-electron chi connectivity index (χ3n) is 2.04. The second-order valence-electron chi connectivity index (χ2n) is 3.24. The fraction of sp³-hybridized carbons (Fsp3) is 0. The van der Waals surface area contributed by atoms with Crippen molar-refractivity contribution >= 4 is 15.4 Å². The Morgan fingerprint density at radius 2 is 1.93 bits per heavy atom. The van der Waals surface area contributed by atoms with Crippen molar-refractivity contribution in [1.82, 2.24) is 0 Å². The Labute approximate surface area is 87.3 Å². The normalized spacial score (nSPS) is 18.4. The van der Waals surface area contributed by atoms with Crippen LogP contribution < -0.4 is 5.73 Å². The number of hydrogen-bond donors (Lipinski definition) is 2. The first-order valence-electron chi connectivity index (χ1n) is 4.22. The topological polar surface area (TPSA) is 80.4 Å². The molecule has 0 saturated heterocycles. The van der Waals surface area contributed by atoms with Crippen LogP contribution in [0.4, 0.5) is 0 Å². The smallest absolute Gasteiger partial charge is 0.195 e. The predicted molar refractivity (Wildman–Crippen MR) is 57.3 cm³/mol. The van der Waals surface area contributed by atoms with Crippen molar-refractivity contribution in [2.45, 2.75) is 0 Å². The first-order valence-corrected chi connectivity index (χ1v) is 5.83. The lowest BCUT2D eigenvalue weighted by Crippen LogP contribution is -1.97. The van der Waals surface area contributed by atoms with Gasteiger partial charge in [0.05, 0.1) is 11.1 Å². The molecule has 0 radical (unpaired) electrons. The minimum absolute atomic E-state index is 0.0745. The van der Waals surface area contributed by atoms with Crippen molar-refractivity contribution in [3.05, 3.63) is 46.3 Å². The van der Waals surface area contributed by atoms with Crippen molar-refractivity contribution < 1.29 is 13.5 Å². The summed E-state index contributed by atoms with van der Waals surface area (Å²) < 4.78 is 22.4. The number of sulfone groups is 1. The molecule has 0 bridgehead atoms. The summed E-state index contributed by atoms with van der Waals surface area (Å²) >= 11 is 0. The number of rotatable bonds is 1. The zero-order valence-electron chi connectivity index (χ0n) is 7.71. The van der Waals surface area contributed by atoms with Crippen LogP contribution in [0.25, 0.3) is 5.57 Å². The molecule has 1 heterocycles. The average Bonchev–Trinajstić information content (AvgIpc) is 2.40. The van der Waals surface area contributed by atoms with Gasteiger partial charge >= 0.3 is 0 Å². The van der Waals surface area contributed by atoms with Crippen LogP contribution in [0, 0.1) is 0 Å². The molecule has 78 valence electrons. The second-order valence-corrected chi connectivity index (χ2v) is 4.89. The highest BCUT2D eigenvalue weighted by Crippen LogP contribution is 2.29. The Kier molecular flexibility index (Phi) is 2.04. The molecule has 0 saturated carbocycles. The van der Waals surface area contributed by atoms with Crippen molar-refractivity contribution in [2.75, 3.05) is 0 Å². The molecule has 0 aromatic heterocycles. The van der Waals surface area contributed by atoms with Crippen LogP contribution in [-0.2, 0) is 9.84 Å². The largest absolute Gasteiger partial charge is 0.508 e. The van der Waals surface area contributed by atoms with Gasteiger partial charge in [0.1, 0.15) is 5.75 Å². The number of hydrogen-bond acceptors (Lipinski definition) is 4.